The minimum atomic E-state index is -0.425. The summed E-state index contributed by atoms with van der Waals surface area (Å²) in [7, 11) is 1.66. The Bertz CT molecular complexity index is 290. The lowest BCUT2D eigenvalue weighted by atomic mass is 9.78. The van der Waals surface area contributed by atoms with E-state index >= 15 is 0 Å². The van der Waals surface area contributed by atoms with Crippen LogP contribution in [0.15, 0.2) is 0 Å². The lowest BCUT2D eigenvalue weighted by Gasteiger charge is -2.29. The van der Waals surface area contributed by atoms with Gasteiger partial charge in [-0.2, -0.15) is 0 Å². The number of methoxy groups -OCH3 is 1. The summed E-state index contributed by atoms with van der Waals surface area (Å²) in [5, 5.41) is 10.1. The minimum absolute atomic E-state index is 0.0317. The summed E-state index contributed by atoms with van der Waals surface area (Å²) in [4.78, 5) is 2.36. The number of nitrogens with two attached hydrogens (primary N) is 1. The fourth-order valence-corrected chi connectivity index (χ4v) is 3.67. The molecule has 2 aliphatic rings. The van der Waals surface area contributed by atoms with Gasteiger partial charge in [-0.25, -0.2) is 0 Å². The van der Waals surface area contributed by atoms with Gasteiger partial charge in [0.15, 0.2) is 0 Å². The second-order valence-electron chi connectivity index (χ2n) is 6.49. The SMILES string of the molecule is COCC(C)OCC(O)CN1CC2CCCC(N)C2C1. The molecule has 1 aliphatic carbocycles. The summed E-state index contributed by atoms with van der Waals surface area (Å²) in [6, 6.07) is 0.355. The predicted octanol–water partition coefficient (Wildman–Crippen LogP) is 0.458. The number of hydrogen-bond donors (Lipinski definition) is 2. The van der Waals surface area contributed by atoms with E-state index in [0.717, 1.165) is 25.4 Å². The normalized spacial score (nSPS) is 33.9. The van der Waals surface area contributed by atoms with Crippen LogP contribution in [0.5, 0.6) is 0 Å². The van der Waals surface area contributed by atoms with Gasteiger partial charge in [-0.3, -0.25) is 0 Å². The number of hydrogen-bond acceptors (Lipinski definition) is 5. The highest BCUT2D eigenvalue weighted by Crippen LogP contribution is 2.35. The number of rotatable bonds is 7. The number of likely N-dealkylation sites (tertiary alicyclic amines) is 1. The predicted molar refractivity (Wildman–Crippen MR) is 78.5 cm³/mol. The number of fused-ring (bicyclic) bond motifs is 1. The van der Waals surface area contributed by atoms with Crippen LogP contribution in [0.4, 0.5) is 0 Å². The van der Waals surface area contributed by atoms with Crippen LogP contribution >= 0.6 is 0 Å². The van der Waals surface area contributed by atoms with Gasteiger partial charge in [0, 0.05) is 32.8 Å². The molecule has 20 heavy (non-hydrogen) atoms. The Morgan fingerprint density at radius 2 is 2.10 bits per heavy atom. The highest BCUT2D eigenvalue weighted by Gasteiger charge is 2.38. The van der Waals surface area contributed by atoms with E-state index in [1.54, 1.807) is 7.11 Å². The fourth-order valence-electron chi connectivity index (χ4n) is 3.67. The Morgan fingerprint density at radius 1 is 1.30 bits per heavy atom. The van der Waals surface area contributed by atoms with Crippen LogP contribution < -0.4 is 5.73 Å². The quantitative estimate of drug-likeness (QED) is 0.711. The third kappa shape index (κ3) is 4.40. The molecule has 118 valence electrons. The van der Waals surface area contributed by atoms with Gasteiger partial charge in [0.1, 0.15) is 0 Å². The van der Waals surface area contributed by atoms with E-state index in [2.05, 4.69) is 4.90 Å². The van der Waals surface area contributed by atoms with E-state index < -0.39 is 6.10 Å². The molecule has 1 saturated heterocycles. The highest BCUT2D eigenvalue weighted by molar-refractivity contribution is 4.93. The van der Waals surface area contributed by atoms with Gasteiger partial charge >= 0.3 is 0 Å². The molecule has 0 amide bonds. The zero-order valence-electron chi connectivity index (χ0n) is 12.8. The summed E-state index contributed by atoms with van der Waals surface area (Å²) in [5.74, 6) is 1.36. The minimum Gasteiger partial charge on any atom is -0.389 e. The van der Waals surface area contributed by atoms with E-state index in [-0.39, 0.29) is 6.10 Å². The molecule has 1 heterocycles. The Balaban J connectivity index is 1.69. The molecule has 0 aromatic carbocycles. The van der Waals surface area contributed by atoms with Crippen molar-refractivity contribution in [1.82, 2.24) is 4.90 Å². The molecule has 5 heteroatoms. The maximum Gasteiger partial charge on any atom is 0.0900 e. The van der Waals surface area contributed by atoms with Crippen LogP contribution in [0.2, 0.25) is 0 Å². The first kappa shape index (κ1) is 16.2. The van der Waals surface area contributed by atoms with Crippen molar-refractivity contribution in [1.29, 1.82) is 0 Å². The summed E-state index contributed by atoms with van der Waals surface area (Å²) in [6.07, 6.45) is 3.33. The third-order valence-electron chi connectivity index (χ3n) is 4.67. The van der Waals surface area contributed by atoms with Crippen LogP contribution in [0.25, 0.3) is 0 Å². The second-order valence-corrected chi connectivity index (χ2v) is 6.49. The average molecular weight is 286 g/mol. The number of β-amino-alcohol motifs (C(OH)–C–C–N with tert-alkyl or cyclic N) is 1. The van der Waals surface area contributed by atoms with Crippen molar-refractivity contribution in [2.45, 2.75) is 44.4 Å². The average Bonchev–Trinajstić information content (AvgIpc) is 2.81. The first-order valence-electron chi connectivity index (χ1n) is 7.86. The van der Waals surface area contributed by atoms with Crippen molar-refractivity contribution in [2.75, 3.05) is 40.0 Å². The van der Waals surface area contributed by atoms with E-state index in [4.69, 9.17) is 15.2 Å². The molecule has 2 rings (SSSR count). The topological polar surface area (TPSA) is 68.0 Å². The van der Waals surface area contributed by atoms with Crippen molar-refractivity contribution in [3.8, 4) is 0 Å². The van der Waals surface area contributed by atoms with Gasteiger partial charge in [0.25, 0.3) is 0 Å². The Kier molecular flexibility index (Phi) is 6.23. The van der Waals surface area contributed by atoms with Crippen molar-refractivity contribution < 1.29 is 14.6 Å². The molecular formula is C15H30N2O3. The number of aliphatic hydroxyl groups excluding tert-OH is 1. The van der Waals surface area contributed by atoms with E-state index in [1.165, 1.54) is 12.8 Å². The highest BCUT2D eigenvalue weighted by atomic mass is 16.5. The first-order chi connectivity index (χ1) is 9.60. The Hall–Kier alpha value is -0.200. The largest absolute Gasteiger partial charge is 0.389 e. The molecule has 2 fully saturated rings. The molecule has 5 atom stereocenters. The molecule has 0 aromatic heterocycles. The van der Waals surface area contributed by atoms with Gasteiger partial charge < -0.3 is 25.2 Å². The number of nitrogens with zero attached hydrogens (tertiary/aromatic N) is 1. The van der Waals surface area contributed by atoms with Gasteiger partial charge in [0.2, 0.25) is 0 Å². The van der Waals surface area contributed by atoms with Crippen LogP contribution in [-0.4, -0.2) is 68.2 Å². The zero-order valence-corrected chi connectivity index (χ0v) is 12.8. The molecule has 0 aromatic rings. The Morgan fingerprint density at radius 3 is 2.80 bits per heavy atom. The monoisotopic (exact) mass is 286 g/mol. The fraction of sp³-hybridized carbons (Fsp3) is 1.00. The maximum absolute atomic E-state index is 10.1. The summed E-state index contributed by atoms with van der Waals surface area (Å²) < 4.78 is 10.6. The lowest BCUT2D eigenvalue weighted by Crippen LogP contribution is -2.39. The third-order valence-corrected chi connectivity index (χ3v) is 4.67. The summed E-state index contributed by atoms with van der Waals surface area (Å²) >= 11 is 0. The Labute approximate surface area is 122 Å². The van der Waals surface area contributed by atoms with E-state index in [1.807, 2.05) is 6.92 Å². The van der Waals surface area contributed by atoms with Gasteiger partial charge in [-0.15, -0.1) is 0 Å². The van der Waals surface area contributed by atoms with Gasteiger partial charge in [-0.1, -0.05) is 6.42 Å². The van der Waals surface area contributed by atoms with E-state index in [9.17, 15) is 5.11 Å². The van der Waals surface area contributed by atoms with Crippen molar-refractivity contribution in [2.24, 2.45) is 17.6 Å². The molecule has 0 spiro atoms. The smallest absolute Gasteiger partial charge is 0.0900 e. The van der Waals surface area contributed by atoms with Gasteiger partial charge in [-0.05, 0) is 31.6 Å². The first-order valence-corrected chi connectivity index (χ1v) is 7.86. The molecule has 1 saturated carbocycles. The van der Waals surface area contributed by atoms with E-state index in [0.29, 0.717) is 31.7 Å². The van der Waals surface area contributed by atoms with Crippen molar-refractivity contribution in [3.05, 3.63) is 0 Å². The molecular weight excluding hydrogens is 256 g/mol. The second kappa shape index (κ2) is 7.71. The van der Waals surface area contributed by atoms with Gasteiger partial charge in [0.05, 0.1) is 25.4 Å². The zero-order chi connectivity index (χ0) is 14.5. The molecule has 5 nitrogen and oxygen atoms in total. The summed E-state index contributed by atoms with van der Waals surface area (Å²) in [6.45, 7) is 5.72. The molecule has 3 N–H and O–H groups in total. The maximum atomic E-state index is 10.1. The molecule has 5 unspecified atom stereocenters. The van der Waals surface area contributed by atoms with Crippen LogP contribution in [0.3, 0.4) is 0 Å². The van der Waals surface area contributed by atoms with Crippen LogP contribution in [0, 0.1) is 11.8 Å². The lowest BCUT2D eigenvalue weighted by molar-refractivity contribution is -0.0385. The summed E-state index contributed by atoms with van der Waals surface area (Å²) in [5.41, 5.74) is 6.22. The molecule has 0 bridgehead atoms. The van der Waals surface area contributed by atoms with Crippen molar-refractivity contribution in [3.63, 3.8) is 0 Å². The molecule has 0 radical (unpaired) electrons. The van der Waals surface area contributed by atoms with Crippen LogP contribution in [-0.2, 0) is 9.47 Å². The standard InChI is InChI=1S/C15H30N2O3/c1-11(9-19-2)20-10-13(18)7-17-6-12-4-3-5-15(16)14(12)8-17/h11-15,18H,3-10,16H2,1-2H3. The van der Waals surface area contributed by atoms with Crippen LogP contribution in [0.1, 0.15) is 26.2 Å². The number of aliphatic hydroxyl groups is 1. The molecule has 1 aliphatic heterocycles. The number of ether oxygens (including phenoxy) is 2. The van der Waals surface area contributed by atoms with Crippen molar-refractivity contribution >= 4 is 0 Å².